The van der Waals surface area contributed by atoms with E-state index in [0.717, 1.165) is 21.2 Å². The van der Waals surface area contributed by atoms with Gasteiger partial charge in [0.15, 0.2) is 0 Å². The van der Waals surface area contributed by atoms with Crippen LogP contribution in [-0.2, 0) is 0 Å². The normalized spacial score (nSPS) is 10.2. The summed E-state index contributed by atoms with van der Waals surface area (Å²) in [4.78, 5) is 4.20. The number of anilines is 1. The first-order valence-electron chi connectivity index (χ1n) is 6.03. The summed E-state index contributed by atoms with van der Waals surface area (Å²) in [5.41, 5.74) is 9.70. The van der Waals surface area contributed by atoms with Crippen molar-refractivity contribution in [1.29, 1.82) is 5.26 Å². The molecule has 1 heterocycles. The summed E-state index contributed by atoms with van der Waals surface area (Å²) in [5.74, 6) is 1.17. The second kappa shape index (κ2) is 5.51. The lowest BCUT2D eigenvalue weighted by atomic mass is 10.1. The summed E-state index contributed by atoms with van der Waals surface area (Å²) in [6.45, 7) is 5.70. The van der Waals surface area contributed by atoms with Gasteiger partial charge in [-0.2, -0.15) is 5.26 Å². The topological polar surface area (TPSA) is 71.9 Å². The standard InChI is InChI=1S/C15H14BrN3O/c1-8-4-11(6-17)5-9(2)14(8)20-15-13(16)10(3)12(18)7-19-15/h4-5,7H,18H2,1-3H3. The number of hydrogen-bond acceptors (Lipinski definition) is 4. The monoisotopic (exact) mass is 331 g/mol. The Bertz CT molecular complexity index is 697. The number of hydrogen-bond donors (Lipinski definition) is 1. The van der Waals surface area contributed by atoms with Crippen LogP contribution in [0, 0.1) is 32.1 Å². The van der Waals surface area contributed by atoms with Crippen molar-refractivity contribution in [3.63, 3.8) is 0 Å². The van der Waals surface area contributed by atoms with Gasteiger partial charge in [0.05, 0.1) is 28.0 Å². The summed E-state index contributed by atoms with van der Waals surface area (Å²) in [5, 5.41) is 8.95. The third-order valence-corrected chi connectivity index (χ3v) is 3.99. The Hall–Kier alpha value is -2.06. The maximum absolute atomic E-state index is 8.95. The number of ether oxygens (including phenoxy) is 1. The minimum Gasteiger partial charge on any atom is -0.437 e. The van der Waals surface area contributed by atoms with Gasteiger partial charge in [0, 0.05) is 0 Å². The molecular weight excluding hydrogens is 318 g/mol. The SMILES string of the molecule is Cc1cc(C#N)cc(C)c1Oc1ncc(N)c(C)c1Br. The van der Waals surface area contributed by atoms with Gasteiger partial charge in [-0.3, -0.25) is 0 Å². The molecule has 0 saturated heterocycles. The van der Waals surface area contributed by atoms with Crippen LogP contribution in [0.25, 0.3) is 0 Å². The van der Waals surface area contributed by atoms with E-state index in [1.54, 1.807) is 18.3 Å². The molecule has 5 heteroatoms. The number of pyridine rings is 1. The van der Waals surface area contributed by atoms with E-state index in [1.807, 2.05) is 20.8 Å². The van der Waals surface area contributed by atoms with E-state index in [1.165, 1.54) is 0 Å². The number of benzene rings is 1. The molecule has 2 aromatic rings. The van der Waals surface area contributed by atoms with Crippen LogP contribution in [0.5, 0.6) is 11.6 Å². The van der Waals surface area contributed by atoms with Crippen LogP contribution in [0.1, 0.15) is 22.3 Å². The van der Waals surface area contributed by atoms with Gasteiger partial charge in [-0.25, -0.2) is 4.98 Å². The van der Waals surface area contributed by atoms with Crippen molar-refractivity contribution in [3.8, 4) is 17.7 Å². The van der Waals surface area contributed by atoms with Crippen molar-refractivity contribution in [2.24, 2.45) is 0 Å². The molecule has 4 nitrogen and oxygen atoms in total. The van der Waals surface area contributed by atoms with E-state index in [9.17, 15) is 0 Å². The second-order valence-electron chi connectivity index (χ2n) is 4.61. The molecule has 0 atom stereocenters. The molecule has 20 heavy (non-hydrogen) atoms. The summed E-state index contributed by atoms with van der Waals surface area (Å²) in [6.07, 6.45) is 1.57. The number of nitrogens with two attached hydrogens (primary N) is 1. The molecule has 1 aromatic carbocycles. The maximum atomic E-state index is 8.95. The molecule has 0 aliphatic heterocycles. The number of aromatic nitrogens is 1. The molecule has 0 fully saturated rings. The summed E-state index contributed by atoms with van der Waals surface area (Å²) >= 11 is 3.45. The van der Waals surface area contributed by atoms with E-state index < -0.39 is 0 Å². The third-order valence-electron chi connectivity index (χ3n) is 3.06. The Balaban J connectivity index is 2.46. The fourth-order valence-corrected chi connectivity index (χ4v) is 2.32. The second-order valence-corrected chi connectivity index (χ2v) is 5.40. The van der Waals surface area contributed by atoms with Crippen LogP contribution in [-0.4, -0.2) is 4.98 Å². The molecule has 0 aliphatic rings. The van der Waals surface area contributed by atoms with Crippen molar-refractivity contribution < 1.29 is 4.74 Å². The first-order valence-corrected chi connectivity index (χ1v) is 6.83. The smallest absolute Gasteiger partial charge is 0.234 e. The van der Waals surface area contributed by atoms with Gasteiger partial charge in [-0.15, -0.1) is 0 Å². The van der Waals surface area contributed by atoms with Gasteiger partial charge in [-0.05, 0) is 65.5 Å². The molecule has 2 rings (SSSR count). The van der Waals surface area contributed by atoms with Gasteiger partial charge in [-0.1, -0.05) is 0 Å². The Morgan fingerprint density at radius 3 is 2.40 bits per heavy atom. The highest BCUT2D eigenvalue weighted by Crippen LogP contribution is 2.35. The zero-order valence-electron chi connectivity index (χ0n) is 11.5. The highest BCUT2D eigenvalue weighted by Gasteiger charge is 2.13. The van der Waals surface area contributed by atoms with E-state index in [2.05, 4.69) is 27.0 Å². The molecule has 0 aliphatic carbocycles. The van der Waals surface area contributed by atoms with Gasteiger partial charge in [0.1, 0.15) is 5.75 Å². The first kappa shape index (κ1) is 14.4. The summed E-state index contributed by atoms with van der Waals surface area (Å²) in [7, 11) is 0. The third kappa shape index (κ3) is 2.61. The van der Waals surface area contributed by atoms with Crippen LogP contribution >= 0.6 is 15.9 Å². The largest absolute Gasteiger partial charge is 0.437 e. The Morgan fingerprint density at radius 2 is 1.85 bits per heavy atom. The zero-order valence-corrected chi connectivity index (χ0v) is 13.1. The van der Waals surface area contributed by atoms with Gasteiger partial charge < -0.3 is 10.5 Å². The Labute approximate surface area is 126 Å². The zero-order chi connectivity index (χ0) is 14.9. The lowest BCUT2D eigenvalue weighted by molar-refractivity contribution is 0.452. The maximum Gasteiger partial charge on any atom is 0.234 e. The number of rotatable bonds is 2. The quantitative estimate of drug-likeness (QED) is 0.902. The van der Waals surface area contributed by atoms with Crippen molar-refractivity contribution in [2.45, 2.75) is 20.8 Å². The molecule has 2 N–H and O–H groups in total. The van der Waals surface area contributed by atoms with Crippen molar-refractivity contribution in [1.82, 2.24) is 4.98 Å². The van der Waals surface area contributed by atoms with Gasteiger partial charge in [0.2, 0.25) is 5.88 Å². The predicted molar refractivity (Wildman–Crippen MR) is 81.8 cm³/mol. The van der Waals surface area contributed by atoms with Crippen molar-refractivity contribution in [3.05, 3.63) is 45.1 Å². The molecule has 102 valence electrons. The summed E-state index contributed by atoms with van der Waals surface area (Å²) in [6, 6.07) is 5.71. The Morgan fingerprint density at radius 1 is 1.25 bits per heavy atom. The fourth-order valence-electron chi connectivity index (χ4n) is 1.91. The summed E-state index contributed by atoms with van der Waals surface area (Å²) < 4.78 is 6.62. The van der Waals surface area contributed by atoms with E-state index in [4.69, 9.17) is 15.7 Å². The highest BCUT2D eigenvalue weighted by atomic mass is 79.9. The van der Waals surface area contributed by atoms with Crippen LogP contribution < -0.4 is 10.5 Å². The number of nitrogen functional groups attached to an aromatic ring is 1. The molecule has 1 aromatic heterocycles. The predicted octanol–water partition coefficient (Wildman–Crippen LogP) is 4.02. The molecule has 0 amide bonds. The average Bonchev–Trinajstić information content (AvgIpc) is 2.42. The molecular formula is C15H14BrN3O. The van der Waals surface area contributed by atoms with Gasteiger partial charge >= 0.3 is 0 Å². The van der Waals surface area contributed by atoms with Crippen LogP contribution in [0.4, 0.5) is 5.69 Å². The number of halogens is 1. The average molecular weight is 332 g/mol. The van der Waals surface area contributed by atoms with Crippen LogP contribution in [0.3, 0.4) is 0 Å². The lowest BCUT2D eigenvalue weighted by Crippen LogP contribution is -1.98. The Kier molecular flexibility index (Phi) is 3.96. The van der Waals surface area contributed by atoms with E-state index in [-0.39, 0.29) is 0 Å². The van der Waals surface area contributed by atoms with Crippen LogP contribution in [0.15, 0.2) is 22.8 Å². The molecule has 0 unspecified atom stereocenters. The number of nitriles is 1. The highest BCUT2D eigenvalue weighted by molar-refractivity contribution is 9.10. The van der Waals surface area contributed by atoms with Gasteiger partial charge in [0.25, 0.3) is 0 Å². The van der Waals surface area contributed by atoms with E-state index >= 15 is 0 Å². The lowest BCUT2D eigenvalue weighted by Gasteiger charge is -2.14. The molecule has 0 radical (unpaired) electrons. The minimum absolute atomic E-state index is 0.465. The fraction of sp³-hybridized carbons (Fsp3) is 0.200. The molecule has 0 saturated carbocycles. The van der Waals surface area contributed by atoms with E-state index in [0.29, 0.717) is 22.9 Å². The van der Waals surface area contributed by atoms with Crippen LogP contribution in [0.2, 0.25) is 0 Å². The van der Waals surface area contributed by atoms with Crippen molar-refractivity contribution >= 4 is 21.6 Å². The minimum atomic E-state index is 0.465. The first-order chi connectivity index (χ1) is 9.43. The number of aryl methyl sites for hydroxylation is 2. The molecule has 0 bridgehead atoms. The van der Waals surface area contributed by atoms with Crippen molar-refractivity contribution in [2.75, 3.05) is 5.73 Å². The molecule has 0 spiro atoms. The number of nitrogens with zero attached hydrogens (tertiary/aromatic N) is 2.